The Hall–Kier alpha value is -2.43. The summed E-state index contributed by atoms with van der Waals surface area (Å²) in [5.41, 5.74) is 12.7. The van der Waals surface area contributed by atoms with Gasteiger partial charge >= 0.3 is 0 Å². The van der Waals surface area contributed by atoms with Gasteiger partial charge in [-0.2, -0.15) is 0 Å². The minimum atomic E-state index is 0.210. The van der Waals surface area contributed by atoms with Crippen LogP contribution in [0.25, 0.3) is 5.70 Å². The van der Waals surface area contributed by atoms with Crippen LogP contribution in [-0.2, 0) is 0 Å². The van der Waals surface area contributed by atoms with Crippen LogP contribution < -0.4 is 16.8 Å². The van der Waals surface area contributed by atoms with Gasteiger partial charge in [0.1, 0.15) is 11.6 Å². The van der Waals surface area contributed by atoms with E-state index in [1.54, 1.807) is 49.8 Å². The Bertz CT molecular complexity index is 446. The number of aromatic hydroxyl groups is 1. The zero-order chi connectivity index (χ0) is 12.7. The van der Waals surface area contributed by atoms with E-state index in [9.17, 15) is 0 Å². The number of amidine groups is 1. The summed E-state index contributed by atoms with van der Waals surface area (Å²) in [6.45, 7) is 0. The largest absolute Gasteiger partial charge is 0.508 e. The summed E-state index contributed by atoms with van der Waals surface area (Å²) < 4.78 is 0. The summed E-state index contributed by atoms with van der Waals surface area (Å²) in [4.78, 5) is 3.76. The lowest BCUT2D eigenvalue weighted by Gasteiger charge is -2.01. The topological polar surface area (TPSA) is 96.7 Å². The van der Waals surface area contributed by atoms with Crippen LogP contribution in [0.4, 0.5) is 0 Å². The molecule has 0 unspecified atom stereocenters. The van der Waals surface area contributed by atoms with Crippen molar-refractivity contribution in [1.29, 1.82) is 0 Å². The Kier molecular flexibility index (Phi) is 4.62. The predicted molar refractivity (Wildman–Crippen MR) is 70.1 cm³/mol. The molecule has 1 rings (SSSR count). The van der Waals surface area contributed by atoms with Crippen molar-refractivity contribution in [2.24, 2.45) is 16.5 Å². The van der Waals surface area contributed by atoms with Gasteiger partial charge in [-0.3, -0.25) is 4.99 Å². The molecule has 0 aliphatic heterocycles. The Morgan fingerprint density at radius 2 is 1.94 bits per heavy atom. The monoisotopic (exact) mass is 232 g/mol. The van der Waals surface area contributed by atoms with Crippen LogP contribution in [-0.4, -0.2) is 18.0 Å². The first-order valence-electron chi connectivity index (χ1n) is 5.03. The normalized spacial score (nSPS) is 13.0. The maximum atomic E-state index is 9.13. The van der Waals surface area contributed by atoms with E-state index in [0.717, 1.165) is 5.56 Å². The van der Waals surface area contributed by atoms with Crippen LogP contribution >= 0.6 is 0 Å². The fourth-order valence-corrected chi connectivity index (χ4v) is 1.08. The molecule has 6 N–H and O–H groups in total. The van der Waals surface area contributed by atoms with Gasteiger partial charge in [0.15, 0.2) is 0 Å². The van der Waals surface area contributed by atoms with Crippen LogP contribution in [0.15, 0.2) is 47.7 Å². The first-order chi connectivity index (χ1) is 8.13. The number of rotatable bonds is 4. The molecular weight excluding hydrogens is 216 g/mol. The maximum Gasteiger partial charge on any atom is 0.119 e. The van der Waals surface area contributed by atoms with E-state index in [0.29, 0.717) is 11.5 Å². The highest BCUT2D eigenvalue weighted by Gasteiger charge is 1.95. The molecule has 17 heavy (non-hydrogen) atoms. The summed E-state index contributed by atoms with van der Waals surface area (Å²) in [6.07, 6.45) is 4.89. The molecule has 0 saturated heterocycles. The second kappa shape index (κ2) is 6.22. The third-order valence-corrected chi connectivity index (χ3v) is 2.05. The number of nitrogens with zero attached hydrogens (tertiary/aromatic N) is 1. The maximum absolute atomic E-state index is 9.13. The zero-order valence-electron chi connectivity index (χ0n) is 9.59. The molecule has 0 aliphatic carbocycles. The number of hydrogen-bond acceptors (Lipinski definition) is 4. The van der Waals surface area contributed by atoms with Gasteiger partial charge in [0, 0.05) is 19.4 Å². The van der Waals surface area contributed by atoms with E-state index in [2.05, 4.69) is 10.3 Å². The lowest BCUT2D eigenvalue weighted by molar-refractivity contribution is 0.475. The van der Waals surface area contributed by atoms with Gasteiger partial charge in [-0.25, -0.2) is 0 Å². The highest BCUT2D eigenvalue weighted by molar-refractivity contribution is 5.91. The molecule has 5 heteroatoms. The lowest BCUT2D eigenvalue weighted by Crippen LogP contribution is -2.09. The standard InChI is InChI=1S/C12H16N4O/c1-15-12(14)6-7-16-8-11(13)9-2-4-10(17)5-3-9/h2-8,16-17H,13H2,1H3,(H2,14,15)/b7-6-,11-8-. The van der Waals surface area contributed by atoms with Crippen molar-refractivity contribution in [3.8, 4) is 5.75 Å². The number of nitrogens with one attached hydrogen (secondary N) is 1. The average Bonchev–Trinajstić information content (AvgIpc) is 2.34. The SMILES string of the molecule is CN=C(N)/C=C\N/C=C(\N)c1ccc(O)cc1. The third-order valence-electron chi connectivity index (χ3n) is 2.05. The zero-order valence-corrected chi connectivity index (χ0v) is 9.59. The van der Waals surface area contributed by atoms with Crippen LogP contribution in [0.1, 0.15) is 5.56 Å². The highest BCUT2D eigenvalue weighted by Crippen LogP contribution is 2.13. The van der Waals surface area contributed by atoms with Crippen LogP contribution in [0.3, 0.4) is 0 Å². The molecule has 0 atom stereocenters. The lowest BCUT2D eigenvalue weighted by atomic mass is 10.2. The first-order valence-corrected chi connectivity index (χ1v) is 5.03. The molecule has 0 amide bonds. The van der Waals surface area contributed by atoms with Gasteiger partial charge in [0.05, 0.1) is 5.70 Å². The molecule has 1 aromatic rings. The summed E-state index contributed by atoms with van der Waals surface area (Å²) >= 11 is 0. The minimum Gasteiger partial charge on any atom is -0.508 e. The number of phenols is 1. The number of nitrogens with two attached hydrogens (primary N) is 2. The Morgan fingerprint density at radius 1 is 1.29 bits per heavy atom. The Labute approximate surface area is 100 Å². The molecule has 0 radical (unpaired) electrons. The number of hydrogen-bond donors (Lipinski definition) is 4. The van der Waals surface area contributed by atoms with Crippen molar-refractivity contribution in [2.45, 2.75) is 0 Å². The fourth-order valence-electron chi connectivity index (χ4n) is 1.08. The van der Waals surface area contributed by atoms with Crippen LogP contribution in [0.5, 0.6) is 5.75 Å². The number of benzene rings is 1. The van der Waals surface area contributed by atoms with E-state index >= 15 is 0 Å². The third kappa shape index (κ3) is 4.29. The molecule has 1 aromatic carbocycles. The second-order valence-corrected chi connectivity index (χ2v) is 3.30. The second-order valence-electron chi connectivity index (χ2n) is 3.30. The highest BCUT2D eigenvalue weighted by atomic mass is 16.3. The quantitative estimate of drug-likeness (QED) is 0.454. The van der Waals surface area contributed by atoms with Crippen LogP contribution in [0, 0.1) is 0 Å². The molecule has 0 saturated carbocycles. The molecule has 0 aromatic heterocycles. The van der Waals surface area contributed by atoms with Gasteiger partial charge in [-0.15, -0.1) is 0 Å². The first kappa shape index (κ1) is 12.6. The molecule has 5 nitrogen and oxygen atoms in total. The van der Waals surface area contributed by atoms with Crippen LogP contribution in [0.2, 0.25) is 0 Å². The van der Waals surface area contributed by atoms with E-state index in [1.165, 1.54) is 0 Å². The predicted octanol–water partition coefficient (Wildman–Crippen LogP) is 0.740. The van der Waals surface area contributed by atoms with Crippen molar-refractivity contribution < 1.29 is 5.11 Å². The smallest absolute Gasteiger partial charge is 0.119 e. The van der Waals surface area contributed by atoms with Gasteiger partial charge in [0.2, 0.25) is 0 Å². The van der Waals surface area contributed by atoms with Crippen molar-refractivity contribution in [3.05, 3.63) is 48.3 Å². The molecule has 0 fully saturated rings. The van der Waals surface area contributed by atoms with E-state index in [1.807, 2.05) is 0 Å². The summed E-state index contributed by atoms with van der Waals surface area (Å²) in [6, 6.07) is 6.62. The van der Waals surface area contributed by atoms with E-state index < -0.39 is 0 Å². The van der Waals surface area contributed by atoms with Gasteiger partial charge in [-0.05, 0) is 35.9 Å². The van der Waals surface area contributed by atoms with Gasteiger partial charge < -0.3 is 21.9 Å². The summed E-state index contributed by atoms with van der Waals surface area (Å²) in [7, 11) is 1.61. The number of phenolic OH excluding ortho intramolecular Hbond substituents is 1. The van der Waals surface area contributed by atoms with Gasteiger partial charge in [0.25, 0.3) is 0 Å². The average molecular weight is 232 g/mol. The Balaban J connectivity index is 2.61. The van der Waals surface area contributed by atoms with Crippen molar-refractivity contribution in [2.75, 3.05) is 7.05 Å². The Morgan fingerprint density at radius 3 is 2.53 bits per heavy atom. The summed E-state index contributed by atoms with van der Waals surface area (Å²) in [5, 5.41) is 12.0. The van der Waals surface area contributed by atoms with Crippen molar-refractivity contribution in [3.63, 3.8) is 0 Å². The fraction of sp³-hybridized carbons (Fsp3) is 0.0833. The van der Waals surface area contributed by atoms with Crippen molar-refractivity contribution in [1.82, 2.24) is 5.32 Å². The molecule has 90 valence electrons. The molecule has 0 spiro atoms. The molecular formula is C12H16N4O. The minimum absolute atomic E-state index is 0.210. The van der Waals surface area contributed by atoms with E-state index in [-0.39, 0.29) is 5.75 Å². The number of aliphatic imine (C=N–C) groups is 1. The molecule has 0 heterocycles. The summed E-state index contributed by atoms with van der Waals surface area (Å²) in [5.74, 6) is 0.635. The molecule has 0 bridgehead atoms. The van der Waals surface area contributed by atoms with E-state index in [4.69, 9.17) is 16.6 Å². The molecule has 0 aliphatic rings. The van der Waals surface area contributed by atoms with Gasteiger partial charge in [-0.1, -0.05) is 0 Å². The van der Waals surface area contributed by atoms with Crippen molar-refractivity contribution >= 4 is 11.5 Å².